The maximum Gasteiger partial charge on any atom is 0.254 e. The van der Waals surface area contributed by atoms with Gasteiger partial charge in [0.2, 0.25) is 11.8 Å². The van der Waals surface area contributed by atoms with E-state index in [1.54, 1.807) is 43.3 Å². The maximum absolute atomic E-state index is 12.5. The first kappa shape index (κ1) is 19.7. The highest BCUT2D eigenvalue weighted by Crippen LogP contribution is 2.16. The minimum atomic E-state index is -0.344. The molecule has 3 amide bonds. The Morgan fingerprint density at radius 3 is 2.31 bits per heavy atom. The summed E-state index contributed by atoms with van der Waals surface area (Å²) >= 11 is 0. The first-order chi connectivity index (χ1) is 12.3. The molecular formula is C19H25N3O4. The number of carbonyl (C=O) groups is 3. The second-order valence-electron chi connectivity index (χ2n) is 6.42. The van der Waals surface area contributed by atoms with Gasteiger partial charge in [-0.05, 0) is 43.2 Å². The lowest BCUT2D eigenvalue weighted by Gasteiger charge is -2.31. The normalized spacial score (nSPS) is 14.7. The summed E-state index contributed by atoms with van der Waals surface area (Å²) in [5, 5.41) is 9.51. The molecule has 1 saturated heterocycles. The molecule has 0 bridgehead atoms. The predicted molar refractivity (Wildman–Crippen MR) is 98.8 cm³/mol. The molecule has 7 heteroatoms. The van der Waals surface area contributed by atoms with Gasteiger partial charge in [0, 0.05) is 38.4 Å². The molecule has 0 saturated carbocycles. The molecule has 0 aliphatic carbocycles. The van der Waals surface area contributed by atoms with Crippen LogP contribution in [0.5, 0.6) is 0 Å². The van der Waals surface area contributed by atoms with Crippen LogP contribution in [0, 0.1) is 0 Å². The zero-order valence-corrected chi connectivity index (χ0v) is 15.2. The summed E-state index contributed by atoms with van der Waals surface area (Å²) in [6.07, 6.45) is 2.02. The maximum atomic E-state index is 12.5. The number of aliphatic hydroxyl groups is 1. The number of anilines is 1. The van der Waals surface area contributed by atoms with Crippen LogP contribution in [0.4, 0.5) is 5.69 Å². The Balaban J connectivity index is 1.96. The van der Waals surface area contributed by atoms with Crippen molar-refractivity contribution in [1.82, 2.24) is 9.80 Å². The Bertz CT molecular complexity index is 679. The van der Waals surface area contributed by atoms with Crippen molar-refractivity contribution in [3.63, 3.8) is 0 Å². The third-order valence-corrected chi connectivity index (χ3v) is 4.54. The number of aliphatic hydroxyl groups excluding tert-OH is 1. The molecule has 0 unspecified atom stereocenters. The standard InChI is InChI=1S/C19H25N3O4/c1-4-17(24)21(3)15-7-5-14(6-8-15)19(26)20(2)13-18(25)22-11-9-16(23)10-12-22/h4-8,16,23H,1,9-13H2,2-3H3. The lowest BCUT2D eigenvalue weighted by Crippen LogP contribution is -2.45. The Morgan fingerprint density at radius 1 is 1.19 bits per heavy atom. The van der Waals surface area contributed by atoms with E-state index in [2.05, 4.69) is 6.58 Å². The molecule has 1 heterocycles. The van der Waals surface area contributed by atoms with Crippen molar-refractivity contribution in [2.75, 3.05) is 38.6 Å². The van der Waals surface area contributed by atoms with Crippen LogP contribution in [-0.2, 0) is 9.59 Å². The molecule has 0 aromatic heterocycles. The molecule has 0 atom stereocenters. The van der Waals surface area contributed by atoms with Crippen LogP contribution in [0.25, 0.3) is 0 Å². The lowest BCUT2D eigenvalue weighted by molar-refractivity contribution is -0.133. The summed E-state index contributed by atoms with van der Waals surface area (Å²) in [4.78, 5) is 40.9. The van der Waals surface area contributed by atoms with Gasteiger partial charge in [-0.25, -0.2) is 0 Å². The fourth-order valence-electron chi connectivity index (χ4n) is 2.80. The second kappa shape index (κ2) is 8.62. The molecule has 7 nitrogen and oxygen atoms in total. The molecule has 1 aromatic carbocycles. The summed E-state index contributed by atoms with van der Waals surface area (Å²) in [6, 6.07) is 6.61. The topological polar surface area (TPSA) is 81.2 Å². The summed E-state index contributed by atoms with van der Waals surface area (Å²) in [6.45, 7) is 4.46. The number of piperidine rings is 1. The van der Waals surface area contributed by atoms with Crippen molar-refractivity contribution in [2.24, 2.45) is 0 Å². The molecular weight excluding hydrogens is 334 g/mol. The molecule has 0 spiro atoms. The van der Waals surface area contributed by atoms with Crippen LogP contribution in [0.2, 0.25) is 0 Å². The van der Waals surface area contributed by atoms with Crippen molar-refractivity contribution < 1.29 is 19.5 Å². The lowest BCUT2D eigenvalue weighted by atomic mass is 10.1. The molecule has 1 N–H and O–H groups in total. The average Bonchev–Trinajstić information content (AvgIpc) is 2.66. The van der Waals surface area contributed by atoms with E-state index in [4.69, 9.17) is 0 Å². The van der Waals surface area contributed by atoms with Crippen molar-refractivity contribution in [3.05, 3.63) is 42.5 Å². The summed E-state index contributed by atoms with van der Waals surface area (Å²) < 4.78 is 0. The number of nitrogens with zero attached hydrogens (tertiary/aromatic N) is 3. The molecule has 1 fully saturated rings. The molecule has 1 aliphatic heterocycles. The monoisotopic (exact) mass is 359 g/mol. The quantitative estimate of drug-likeness (QED) is 0.792. The Hall–Kier alpha value is -2.67. The van der Waals surface area contributed by atoms with Crippen LogP contribution in [0.15, 0.2) is 36.9 Å². The van der Waals surface area contributed by atoms with Crippen LogP contribution >= 0.6 is 0 Å². The van der Waals surface area contributed by atoms with E-state index in [0.29, 0.717) is 37.2 Å². The number of hydrogen-bond acceptors (Lipinski definition) is 4. The molecule has 140 valence electrons. The van der Waals surface area contributed by atoms with Gasteiger partial charge in [-0.1, -0.05) is 6.58 Å². The van der Waals surface area contributed by atoms with E-state index in [-0.39, 0.29) is 30.4 Å². The zero-order valence-electron chi connectivity index (χ0n) is 15.2. The van der Waals surface area contributed by atoms with Gasteiger partial charge in [-0.2, -0.15) is 0 Å². The minimum absolute atomic E-state index is 0.00840. The molecule has 26 heavy (non-hydrogen) atoms. The number of hydrogen-bond donors (Lipinski definition) is 1. The Labute approximate surface area is 153 Å². The largest absolute Gasteiger partial charge is 0.393 e. The highest BCUT2D eigenvalue weighted by molar-refractivity contribution is 6.01. The Kier molecular flexibility index (Phi) is 6.52. The third-order valence-electron chi connectivity index (χ3n) is 4.54. The third kappa shape index (κ3) is 4.70. The summed E-state index contributed by atoms with van der Waals surface area (Å²) in [5.74, 6) is -0.626. The van der Waals surface area contributed by atoms with E-state index < -0.39 is 0 Å². The van der Waals surface area contributed by atoms with E-state index in [1.165, 1.54) is 15.9 Å². The number of rotatable bonds is 5. The van der Waals surface area contributed by atoms with Crippen LogP contribution in [0.1, 0.15) is 23.2 Å². The van der Waals surface area contributed by atoms with Gasteiger partial charge in [0.25, 0.3) is 5.91 Å². The second-order valence-corrected chi connectivity index (χ2v) is 6.42. The van der Waals surface area contributed by atoms with E-state index in [9.17, 15) is 19.5 Å². The number of carbonyl (C=O) groups excluding carboxylic acids is 3. The number of benzene rings is 1. The van der Waals surface area contributed by atoms with E-state index in [0.717, 1.165) is 0 Å². The van der Waals surface area contributed by atoms with E-state index in [1.807, 2.05) is 0 Å². The van der Waals surface area contributed by atoms with Crippen molar-refractivity contribution in [2.45, 2.75) is 18.9 Å². The van der Waals surface area contributed by atoms with Crippen LogP contribution < -0.4 is 4.90 Å². The number of likely N-dealkylation sites (tertiary alicyclic amines) is 1. The number of amides is 3. The van der Waals surface area contributed by atoms with Crippen molar-refractivity contribution in [3.8, 4) is 0 Å². The van der Waals surface area contributed by atoms with Gasteiger partial charge in [-0.3, -0.25) is 14.4 Å². The zero-order chi connectivity index (χ0) is 19.3. The van der Waals surface area contributed by atoms with Crippen LogP contribution in [-0.4, -0.2) is 72.5 Å². The fourth-order valence-corrected chi connectivity index (χ4v) is 2.80. The van der Waals surface area contributed by atoms with Crippen molar-refractivity contribution >= 4 is 23.4 Å². The molecule has 1 aliphatic rings. The van der Waals surface area contributed by atoms with Crippen molar-refractivity contribution in [1.29, 1.82) is 0 Å². The Morgan fingerprint density at radius 2 is 1.77 bits per heavy atom. The smallest absolute Gasteiger partial charge is 0.254 e. The fraction of sp³-hybridized carbons (Fsp3) is 0.421. The average molecular weight is 359 g/mol. The first-order valence-corrected chi connectivity index (χ1v) is 8.55. The van der Waals surface area contributed by atoms with E-state index >= 15 is 0 Å². The van der Waals surface area contributed by atoms with Gasteiger partial charge in [0.1, 0.15) is 0 Å². The summed E-state index contributed by atoms with van der Waals surface area (Å²) in [5.41, 5.74) is 1.09. The van der Waals surface area contributed by atoms with Gasteiger partial charge in [0.15, 0.2) is 0 Å². The summed E-state index contributed by atoms with van der Waals surface area (Å²) in [7, 11) is 3.21. The highest BCUT2D eigenvalue weighted by Gasteiger charge is 2.23. The molecule has 2 rings (SSSR count). The van der Waals surface area contributed by atoms with Gasteiger partial charge in [0.05, 0.1) is 12.6 Å². The minimum Gasteiger partial charge on any atom is -0.393 e. The predicted octanol–water partition coefficient (Wildman–Crippen LogP) is 0.891. The molecule has 0 radical (unpaired) electrons. The van der Waals surface area contributed by atoms with Gasteiger partial charge in [-0.15, -0.1) is 0 Å². The SMILES string of the molecule is C=CC(=O)N(C)c1ccc(C(=O)N(C)CC(=O)N2CCC(O)CC2)cc1. The number of likely N-dealkylation sites (N-methyl/N-ethyl adjacent to an activating group) is 2. The van der Waals surface area contributed by atoms with Crippen LogP contribution in [0.3, 0.4) is 0 Å². The molecule has 1 aromatic rings. The highest BCUT2D eigenvalue weighted by atomic mass is 16.3. The first-order valence-electron chi connectivity index (χ1n) is 8.55. The van der Waals surface area contributed by atoms with Gasteiger partial charge < -0.3 is 19.8 Å². The van der Waals surface area contributed by atoms with Gasteiger partial charge >= 0.3 is 0 Å².